The summed E-state index contributed by atoms with van der Waals surface area (Å²) < 4.78 is 43.4. The average molecular weight is 296 g/mol. The molecule has 3 nitrogen and oxygen atoms in total. The first-order valence-corrected chi connectivity index (χ1v) is 6.23. The highest BCUT2D eigenvalue weighted by molar-refractivity contribution is 5.58. The number of hydrogen-bond donors (Lipinski definition) is 2. The first kappa shape index (κ1) is 15.0. The van der Waals surface area contributed by atoms with Crippen molar-refractivity contribution in [3.05, 3.63) is 53.6 Å². The van der Waals surface area contributed by atoms with Crippen LogP contribution >= 0.6 is 0 Å². The molecule has 0 aromatic heterocycles. The molecule has 0 saturated carbocycles. The summed E-state index contributed by atoms with van der Waals surface area (Å²) in [5, 5.41) is 2.94. The topological polar surface area (TPSA) is 47.3 Å². The van der Waals surface area contributed by atoms with Gasteiger partial charge in [-0.25, -0.2) is 0 Å². The number of nitrogens with one attached hydrogen (secondary N) is 1. The summed E-state index contributed by atoms with van der Waals surface area (Å²) in [4.78, 5) is 0. The highest BCUT2D eigenvalue weighted by Crippen LogP contribution is 2.35. The number of rotatable bonds is 4. The van der Waals surface area contributed by atoms with Gasteiger partial charge in [-0.15, -0.1) is 0 Å². The Hall–Kier alpha value is -2.37. The number of hydrogen-bond acceptors (Lipinski definition) is 3. The third-order valence-electron chi connectivity index (χ3n) is 2.99. The molecular formula is C15H15F3N2O. The van der Waals surface area contributed by atoms with Crippen LogP contribution in [0.25, 0.3) is 0 Å². The van der Waals surface area contributed by atoms with Gasteiger partial charge in [0.1, 0.15) is 5.75 Å². The second-order valence-corrected chi connectivity index (χ2v) is 4.50. The fraction of sp³-hybridized carbons (Fsp3) is 0.200. The van der Waals surface area contributed by atoms with Crippen molar-refractivity contribution in [1.29, 1.82) is 0 Å². The first-order chi connectivity index (χ1) is 9.90. The van der Waals surface area contributed by atoms with E-state index in [1.165, 1.54) is 12.1 Å². The molecule has 2 aromatic rings. The minimum absolute atomic E-state index is 0.283. The number of benzene rings is 2. The van der Waals surface area contributed by atoms with E-state index < -0.39 is 11.7 Å². The number of anilines is 2. The summed E-state index contributed by atoms with van der Waals surface area (Å²) in [6, 6.07) is 11.1. The summed E-state index contributed by atoms with van der Waals surface area (Å²) in [6.45, 7) is 0.387. The van der Waals surface area contributed by atoms with Crippen molar-refractivity contribution < 1.29 is 17.9 Å². The van der Waals surface area contributed by atoms with Gasteiger partial charge in [0, 0.05) is 17.9 Å². The molecule has 0 heterocycles. The van der Waals surface area contributed by atoms with Crippen LogP contribution in [0.4, 0.5) is 24.5 Å². The molecule has 2 aromatic carbocycles. The zero-order chi connectivity index (χ0) is 15.5. The van der Waals surface area contributed by atoms with Crippen LogP contribution in [0.2, 0.25) is 0 Å². The van der Waals surface area contributed by atoms with E-state index in [2.05, 4.69) is 5.32 Å². The molecule has 0 aliphatic rings. The van der Waals surface area contributed by atoms with Crippen molar-refractivity contribution >= 4 is 11.4 Å². The van der Waals surface area contributed by atoms with Gasteiger partial charge in [-0.2, -0.15) is 13.2 Å². The van der Waals surface area contributed by atoms with Crippen LogP contribution in [0.5, 0.6) is 5.75 Å². The quantitative estimate of drug-likeness (QED) is 0.841. The van der Waals surface area contributed by atoms with E-state index in [0.717, 1.165) is 11.6 Å². The Balaban J connectivity index is 2.13. The first-order valence-electron chi connectivity index (χ1n) is 6.23. The van der Waals surface area contributed by atoms with E-state index >= 15 is 0 Å². The SMILES string of the molecule is COc1cccc(CNc2ccc(N)c(C(F)(F)F)c2)c1. The maximum Gasteiger partial charge on any atom is 0.418 e. The monoisotopic (exact) mass is 296 g/mol. The predicted octanol–water partition coefficient (Wildman–Crippen LogP) is 3.91. The number of nitrogens with two attached hydrogens (primary N) is 1. The predicted molar refractivity (Wildman–Crippen MR) is 76.2 cm³/mol. The summed E-state index contributed by atoms with van der Waals surface area (Å²) in [5.74, 6) is 0.697. The second-order valence-electron chi connectivity index (χ2n) is 4.50. The van der Waals surface area contributed by atoms with Gasteiger partial charge in [0.15, 0.2) is 0 Å². The molecule has 0 amide bonds. The van der Waals surface area contributed by atoms with Crippen molar-refractivity contribution in [2.45, 2.75) is 12.7 Å². The summed E-state index contributed by atoms with van der Waals surface area (Å²) in [7, 11) is 1.56. The zero-order valence-electron chi connectivity index (χ0n) is 11.4. The third kappa shape index (κ3) is 3.81. The van der Waals surface area contributed by atoms with Gasteiger partial charge in [0.05, 0.1) is 12.7 Å². The van der Waals surface area contributed by atoms with Gasteiger partial charge >= 0.3 is 6.18 Å². The normalized spacial score (nSPS) is 11.2. The molecule has 0 aliphatic carbocycles. The van der Waals surface area contributed by atoms with Crippen LogP contribution in [-0.2, 0) is 12.7 Å². The molecule has 0 bridgehead atoms. The number of alkyl halides is 3. The van der Waals surface area contributed by atoms with E-state index in [4.69, 9.17) is 10.5 Å². The van der Waals surface area contributed by atoms with Crippen LogP contribution < -0.4 is 15.8 Å². The van der Waals surface area contributed by atoms with Gasteiger partial charge in [0.2, 0.25) is 0 Å². The summed E-state index contributed by atoms with van der Waals surface area (Å²) >= 11 is 0. The van der Waals surface area contributed by atoms with Crippen LogP contribution in [0.3, 0.4) is 0 Å². The lowest BCUT2D eigenvalue weighted by Crippen LogP contribution is -2.10. The Kier molecular flexibility index (Phi) is 4.26. The highest BCUT2D eigenvalue weighted by atomic mass is 19.4. The second kappa shape index (κ2) is 5.95. The average Bonchev–Trinajstić information content (AvgIpc) is 2.45. The minimum Gasteiger partial charge on any atom is -0.497 e. The van der Waals surface area contributed by atoms with E-state index in [1.807, 2.05) is 18.2 Å². The van der Waals surface area contributed by atoms with Crippen molar-refractivity contribution in [2.24, 2.45) is 0 Å². The van der Waals surface area contributed by atoms with Crippen molar-refractivity contribution in [3.8, 4) is 5.75 Å². The fourth-order valence-electron chi connectivity index (χ4n) is 1.90. The summed E-state index contributed by atoms with van der Waals surface area (Å²) in [5.41, 5.74) is 5.50. The lowest BCUT2D eigenvalue weighted by atomic mass is 10.1. The van der Waals surface area contributed by atoms with Crippen molar-refractivity contribution in [1.82, 2.24) is 0 Å². The molecule has 0 spiro atoms. The standard InChI is InChI=1S/C15H15F3N2O/c1-21-12-4-2-3-10(7-12)9-20-11-5-6-14(19)13(8-11)15(16,17)18/h2-8,20H,9,19H2,1H3. The number of ether oxygens (including phenoxy) is 1. The van der Waals surface area contributed by atoms with Gasteiger partial charge in [-0.3, -0.25) is 0 Å². The van der Waals surface area contributed by atoms with Gasteiger partial charge in [-0.05, 0) is 35.9 Å². The zero-order valence-corrected chi connectivity index (χ0v) is 11.4. The maximum absolute atomic E-state index is 12.8. The smallest absolute Gasteiger partial charge is 0.418 e. The Morgan fingerprint density at radius 1 is 1.14 bits per heavy atom. The minimum atomic E-state index is -4.46. The van der Waals surface area contributed by atoms with Gasteiger partial charge in [-0.1, -0.05) is 12.1 Å². The molecule has 6 heteroatoms. The van der Waals surface area contributed by atoms with Gasteiger partial charge < -0.3 is 15.8 Å². The van der Waals surface area contributed by atoms with Crippen LogP contribution in [0, 0.1) is 0 Å². The molecule has 0 aliphatic heterocycles. The van der Waals surface area contributed by atoms with E-state index in [1.54, 1.807) is 13.2 Å². The van der Waals surface area contributed by atoms with Crippen LogP contribution in [0.1, 0.15) is 11.1 Å². The molecule has 2 rings (SSSR count). The molecule has 0 fully saturated rings. The largest absolute Gasteiger partial charge is 0.497 e. The third-order valence-corrected chi connectivity index (χ3v) is 2.99. The highest BCUT2D eigenvalue weighted by Gasteiger charge is 2.33. The van der Waals surface area contributed by atoms with E-state index in [9.17, 15) is 13.2 Å². The molecule has 0 atom stereocenters. The Bertz CT molecular complexity index is 627. The lowest BCUT2D eigenvalue weighted by molar-refractivity contribution is -0.136. The van der Waals surface area contributed by atoms with Gasteiger partial charge in [0.25, 0.3) is 0 Å². The molecule has 21 heavy (non-hydrogen) atoms. The molecular weight excluding hydrogens is 281 g/mol. The molecule has 112 valence electrons. The maximum atomic E-state index is 12.8. The number of nitrogen functional groups attached to an aromatic ring is 1. The Labute approximate surface area is 120 Å². The molecule has 0 saturated heterocycles. The van der Waals surface area contributed by atoms with E-state index in [-0.39, 0.29) is 5.69 Å². The van der Waals surface area contributed by atoms with E-state index in [0.29, 0.717) is 18.0 Å². The van der Waals surface area contributed by atoms with Crippen molar-refractivity contribution in [2.75, 3.05) is 18.2 Å². The fourth-order valence-corrected chi connectivity index (χ4v) is 1.90. The molecule has 0 radical (unpaired) electrons. The number of methoxy groups -OCH3 is 1. The lowest BCUT2D eigenvalue weighted by Gasteiger charge is -2.13. The van der Waals surface area contributed by atoms with Crippen molar-refractivity contribution in [3.63, 3.8) is 0 Å². The van der Waals surface area contributed by atoms with Crippen LogP contribution in [0.15, 0.2) is 42.5 Å². The molecule has 0 unspecified atom stereocenters. The Morgan fingerprint density at radius 2 is 1.90 bits per heavy atom. The molecule has 3 N–H and O–H groups in total. The Morgan fingerprint density at radius 3 is 2.57 bits per heavy atom. The summed E-state index contributed by atoms with van der Waals surface area (Å²) in [6.07, 6.45) is -4.46. The van der Waals surface area contributed by atoms with Crippen LogP contribution in [-0.4, -0.2) is 7.11 Å². The number of halogens is 3.